The highest BCUT2D eigenvalue weighted by Gasteiger charge is 2.27. The Kier molecular flexibility index (Phi) is 5.29. The molecule has 0 bridgehead atoms. The lowest BCUT2D eigenvalue weighted by atomic mass is 10.1. The average Bonchev–Trinajstić information content (AvgIpc) is 2.61. The number of methoxy groups -OCH3 is 1. The second-order valence-corrected chi connectivity index (χ2v) is 6.38. The minimum Gasteiger partial charge on any atom is -0.496 e. The van der Waals surface area contributed by atoms with Crippen LogP contribution in [0.25, 0.3) is 0 Å². The number of nitrogens with zero attached hydrogens (tertiary/aromatic N) is 1. The lowest BCUT2D eigenvalue weighted by Gasteiger charge is -2.33. The van der Waals surface area contributed by atoms with Crippen LogP contribution < -0.4 is 4.74 Å². The molecule has 0 aliphatic carbocycles. The molecule has 2 aromatic rings. The summed E-state index contributed by atoms with van der Waals surface area (Å²) in [5, 5.41) is 1.21. The van der Waals surface area contributed by atoms with Crippen LogP contribution >= 0.6 is 23.2 Å². The molecule has 0 unspecified atom stereocenters. The summed E-state index contributed by atoms with van der Waals surface area (Å²) in [4.78, 5) is 14.6. The smallest absolute Gasteiger partial charge is 0.257 e. The molecule has 0 aromatic heterocycles. The maximum atomic E-state index is 12.8. The largest absolute Gasteiger partial charge is 0.496 e. The zero-order chi connectivity index (χ0) is 17.1. The molecule has 4 nitrogen and oxygen atoms in total. The highest BCUT2D eigenvalue weighted by Crippen LogP contribution is 2.28. The van der Waals surface area contributed by atoms with Gasteiger partial charge in [-0.25, -0.2) is 0 Å². The van der Waals surface area contributed by atoms with E-state index < -0.39 is 0 Å². The molecule has 2 aromatic carbocycles. The van der Waals surface area contributed by atoms with E-state index in [9.17, 15) is 4.79 Å². The van der Waals surface area contributed by atoms with E-state index in [0.29, 0.717) is 41.1 Å². The topological polar surface area (TPSA) is 38.8 Å². The van der Waals surface area contributed by atoms with Crippen molar-refractivity contribution in [1.82, 2.24) is 4.90 Å². The lowest BCUT2D eigenvalue weighted by molar-refractivity contribution is -0.0229. The van der Waals surface area contributed by atoms with E-state index >= 15 is 0 Å². The predicted molar refractivity (Wildman–Crippen MR) is 94.1 cm³/mol. The van der Waals surface area contributed by atoms with Crippen LogP contribution in [0.4, 0.5) is 0 Å². The highest BCUT2D eigenvalue weighted by molar-refractivity contribution is 6.31. The molecule has 1 heterocycles. The quantitative estimate of drug-likeness (QED) is 0.817. The number of amides is 1. The van der Waals surface area contributed by atoms with Crippen molar-refractivity contribution in [2.24, 2.45) is 0 Å². The normalized spacial score (nSPS) is 17.6. The van der Waals surface area contributed by atoms with Gasteiger partial charge in [0.25, 0.3) is 5.91 Å². The fourth-order valence-corrected chi connectivity index (χ4v) is 3.01. The number of hydrogen-bond acceptors (Lipinski definition) is 3. The number of benzene rings is 2. The van der Waals surface area contributed by atoms with Crippen molar-refractivity contribution >= 4 is 29.1 Å². The Balaban J connectivity index is 1.79. The van der Waals surface area contributed by atoms with Gasteiger partial charge in [0.05, 0.1) is 25.8 Å². The van der Waals surface area contributed by atoms with Crippen molar-refractivity contribution in [3.05, 3.63) is 63.6 Å². The van der Waals surface area contributed by atoms with Gasteiger partial charge in [0.2, 0.25) is 0 Å². The van der Waals surface area contributed by atoms with Crippen LogP contribution in [0.1, 0.15) is 22.0 Å². The predicted octanol–water partition coefficient (Wildman–Crippen LogP) is 4.22. The molecule has 126 valence electrons. The number of carbonyl (C=O) groups excluding carboxylic acids is 1. The van der Waals surface area contributed by atoms with Gasteiger partial charge in [0, 0.05) is 16.6 Å². The Bertz CT molecular complexity index is 734. The van der Waals surface area contributed by atoms with Gasteiger partial charge in [-0.3, -0.25) is 4.79 Å². The Labute approximate surface area is 150 Å². The third kappa shape index (κ3) is 3.66. The SMILES string of the molecule is COc1cc(Cl)ccc1C(=O)N1CCO[C@@H](c2ccc(Cl)cc2)C1. The molecule has 0 saturated carbocycles. The number of hydrogen-bond donors (Lipinski definition) is 0. The average molecular weight is 366 g/mol. The van der Waals surface area contributed by atoms with Crippen LogP contribution in [0.15, 0.2) is 42.5 Å². The van der Waals surface area contributed by atoms with Gasteiger partial charge in [-0.2, -0.15) is 0 Å². The summed E-state index contributed by atoms with van der Waals surface area (Å²) in [6.07, 6.45) is -0.168. The summed E-state index contributed by atoms with van der Waals surface area (Å²) in [5.41, 5.74) is 1.50. The Morgan fingerprint density at radius 3 is 2.58 bits per heavy atom. The van der Waals surface area contributed by atoms with E-state index in [2.05, 4.69) is 0 Å². The second-order valence-electron chi connectivity index (χ2n) is 5.51. The highest BCUT2D eigenvalue weighted by atomic mass is 35.5. The van der Waals surface area contributed by atoms with Crippen molar-refractivity contribution in [1.29, 1.82) is 0 Å². The fourth-order valence-electron chi connectivity index (χ4n) is 2.72. The first-order valence-electron chi connectivity index (χ1n) is 7.58. The summed E-state index contributed by atoms with van der Waals surface area (Å²) >= 11 is 11.9. The summed E-state index contributed by atoms with van der Waals surface area (Å²) in [7, 11) is 1.53. The molecule has 1 aliphatic rings. The van der Waals surface area contributed by atoms with Crippen molar-refractivity contribution < 1.29 is 14.3 Å². The van der Waals surface area contributed by atoms with Gasteiger partial charge >= 0.3 is 0 Å². The fraction of sp³-hybridized carbons (Fsp3) is 0.278. The van der Waals surface area contributed by atoms with E-state index in [1.54, 1.807) is 23.1 Å². The van der Waals surface area contributed by atoms with Crippen LogP contribution in [0.5, 0.6) is 5.75 Å². The molecular weight excluding hydrogens is 349 g/mol. The minimum atomic E-state index is -0.168. The van der Waals surface area contributed by atoms with Gasteiger partial charge in [-0.15, -0.1) is 0 Å². The first kappa shape index (κ1) is 17.1. The summed E-state index contributed by atoms with van der Waals surface area (Å²) in [6.45, 7) is 1.50. The number of ether oxygens (including phenoxy) is 2. The van der Waals surface area contributed by atoms with Crippen molar-refractivity contribution in [2.75, 3.05) is 26.8 Å². The van der Waals surface area contributed by atoms with E-state index in [1.165, 1.54) is 7.11 Å². The van der Waals surface area contributed by atoms with Crippen LogP contribution in [-0.2, 0) is 4.74 Å². The molecule has 1 saturated heterocycles. The number of rotatable bonds is 3. The van der Waals surface area contributed by atoms with Crippen molar-refractivity contribution in [3.8, 4) is 5.75 Å². The molecule has 0 N–H and O–H groups in total. The zero-order valence-corrected chi connectivity index (χ0v) is 14.7. The van der Waals surface area contributed by atoms with E-state index in [-0.39, 0.29) is 12.0 Å². The van der Waals surface area contributed by atoms with Crippen LogP contribution in [-0.4, -0.2) is 37.6 Å². The number of halogens is 2. The molecule has 1 amide bonds. The third-order valence-corrected chi connectivity index (χ3v) is 4.48. The third-order valence-electron chi connectivity index (χ3n) is 3.99. The molecule has 6 heteroatoms. The zero-order valence-electron chi connectivity index (χ0n) is 13.2. The Morgan fingerprint density at radius 1 is 1.17 bits per heavy atom. The van der Waals surface area contributed by atoms with Crippen LogP contribution in [0.2, 0.25) is 10.0 Å². The first-order chi connectivity index (χ1) is 11.6. The summed E-state index contributed by atoms with van der Waals surface area (Å²) < 4.78 is 11.1. The first-order valence-corrected chi connectivity index (χ1v) is 8.34. The summed E-state index contributed by atoms with van der Waals surface area (Å²) in [5.74, 6) is 0.382. The van der Waals surface area contributed by atoms with Gasteiger partial charge in [-0.1, -0.05) is 35.3 Å². The minimum absolute atomic E-state index is 0.0919. The van der Waals surface area contributed by atoms with Crippen LogP contribution in [0, 0.1) is 0 Å². The Morgan fingerprint density at radius 2 is 1.88 bits per heavy atom. The summed E-state index contributed by atoms with van der Waals surface area (Å²) in [6, 6.07) is 12.5. The number of carbonyl (C=O) groups is 1. The molecule has 24 heavy (non-hydrogen) atoms. The Hall–Kier alpha value is -1.75. The number of morpholine rings is 1. The molecule has 1 aliphatic heterocycles. The van der Waals surface area contributed by atoms with Crippen molar-refractivity contribution in [2.45, 2.75) is 6.10 Å². The maximum Gasteiger partial charge on any atom is 0.257 e. The van der Waals surface area contributed by atoms with E-state index in [4.69, 9.17) is 32.7 Å². The lowest BCUT2D eigenvalue weighted by Crippen LogP contribution is -2.42. The van der Waals surface area contributed by atoms with Gasteiger partial charge in [0.15, 0.2) is 0 Å². The van der Waals surface area contributed by atoms with Gasteiger partial charge < -0.3 is 14.4 Å². The molecule has 1 fully saturated rings. The second kappa shape index (κ2) is 7.43. The maximum absolute atomic E-state index is 12.8. The molecule has 0 radical (unpaired) electrons. The van der Waals surface area contributed by atoms with E-state index in [0.717, 1.165) is 5.56 Å². The molecule has 1 atom stereocenters. The van der Waals surface area contributed by atoms with Crippen molar-refractivity contribution in [3.63, 3.8) is 0 Å². The monoisotopic (exact) mass is 365 g/mol. The molecule has 3 rings (SSSR count). The molecular formula is C18H17Cl2NO3. The van der Waals surface area contributed by atoms with Gasteiger partial charge in [-0.05, 0) is 35.9 Å². The van der Waals surface area contributed by atoms with Crippen LogP contribution in [0.3, 0.4) is 0 Å². The van der Waals surface area contributed by atoms with E-state index in [1.807, 2.05) is 24.3 Å². The molecule has 0 spiro atoms. The standard InChI is InChI=1S/C18H17Cl2NO3/c1-23-16-10-14(20)6-7-15(16)18(22)21-8-9-24-17(11-21)12-2-4-13(19)5-3-12/h2-7,10,17H,8-9,11H2,1H3/t17-/m1/s1. The van der Waals surface area contributed by atoms with Gasteiger partial charge in [0.1, 0.15) is 11.9 Å².